The minimum atomic E-state index is -1.80. The fourth-order valence-electron chi connectivity index (χ4n) is 4.69. The third-order valence-electron chi connectivity index (χ3n) is 6.43. The first-order valence-corrected chi connectivity index (χ1v) is 11.0. The Morgan fingerprint density at radius 1 is 1.16 bits per heavy atom. The molecule has 1 aromatic heterocycles. The summed E-state index contributed by atoms with van der Waals surface area (Å²) in [6.45, 7) is 5.46. The Balaban J connectivity index is 1.32. The number of fused-ring (bicyclic) bond motifs is 1. The van der Waals surface area contributed by atoms with Crippen molar-refractivity contribution in [1.29, 1.82) is 5.26 Å². The summed E-state index contributed by atoms with van der Waals surface area (Å²) in [7, 11) is 0. The molecule has 0 unspecified atom stereocenters. The maximum absolute atomic E-state index is 13.9. The zero-order valence-corrected chi connectivity index (χ0v) is 18.1. The predicted octanol–water partition coefficient (Wildman–Crippen LogP) is 3.12. The summed E-state index contributed by atoms with van der Waals surface area (Å²) in [6, 6.07) is 8.47. The van der Waals surface area contributed by atoms with Crippen molar-refractivity contribution >= 4 is 22.6 Å². The zero-order valence-electron chi connectivity index (χ0n) is 18.1. The highest BCUT2D eigenvalue weighted by Crippen LogP contribution is 2.28. The van der Waals surface area contributed by atoms with E-state index in [0.29, 0.717) is 30.7 Å². The highest BCUT2D eigenvalue weighted by molar-refractivity contribution is 5.90. The van der Waals surface area contributed by atoms with Crippen molar-refractivity contribution in [3.8, 4) is 6.07 Å². The van der Waals surface area contributed by atoms with Crippen LogP contribution in [0.1, 0.15) is 45.1 Å². The molecule has 8 heteroatoms. The van der Waals surface area contributed by atoms with Gasteiger partial charge in [0, 0.05) is 43.6 Å². The van der Waals surface area contributed by atoms with Crippen LogP contribution in [0.25, 0.3) is 10.9 Å². The molecule has 2 aromatic rings. The summed E-state index contributed by atoms with van der Waals surface area (Å²) in [4.78, 5) is 25.0. The Kier molecular flexibility index (Phi) is 6.05. The number of piperazine rings is 1. The fourth-order valence-corrected chi connectivity index (χ4v) is 4.69. The Morgan fingerprint density at radius 2 is 1.87 bits per heavy atom. The van der Waals surface area contributed by atoms with Crippen molar-refractivity contribution in [2.45, 2.75) is 57.3 Å². The SMILES string of the molecule is CC(C)(F)C(=O)N1CCN([C@H]2CC[C@H](Nc3ncnc4ccc(C#N)cc34)CC2)CC1. The lowest BCUT2D eigenvalue weighted by atomic mass is 9.89. The van der Waals surface area contributed by atoms with Crippen LogP contribution < -0.4 is 5.32 Å². The molecule has 0 atom stereocenters. The van der Waals surface area contributed by atoms with Crippen LogP contribution in [0.2, 0.25) is 0 Å². The molecule has 4 rings (SSSR count). The smallest absolute Gasteiger partial charge is 0.259 e. The van der Waals surface area contributed by atoms with E-state index in [4.69, 9.17) is 0 Å². The number of benzene rings is 1. The molecule has 1 saturated heterocycles. The van der Waals surface area contributed by atoms with Crippen LogP contribution in [-0.4, -0.2) is 69.6 Å². The third-order valence-corrected chi connectivity index (χ3v) is 6.43. The number of nitrogens with one attached hydrogen (secondary N) is 1. The number of anilines is 1. The van der Waals surface area contributed by atoms with Crippen LogP contribution in [0.15, 0.2) is 24.5 Å². The highest BCUT2D eigenvalue weighted by atomic mass is 19.1. The van der Waals surface area contributed by atoms with Gasteiger partial charge < -0.3 is 10.2 Å². The van der Waals surface area contributed by atoms with E-state index in [1.807, 2.05) is 12.1 Å². The van der Waals surface area contributed by atoms with E-state index in [1.54, 1.807) is 17.3 Å². The van der Waals surface area contributed by atoms with Crippen molar-refractivity contribution in [2.75, 3.05) is 31.5 Å². The van der Waals surface area contributed by atoms with E-state index in [9.17, 15) is 14.4 Å². The number of carbonyl (C=O) groups is 1. The fraction of sp³-hybridized carbons (Fsp3) is 0.565. The molecule has 1 N–H and O–H groups in total. The van der Waals surface area contributed by atoms with E-state index >= 15 is 0 Å². The molecule has 1 aliphatic carbocycles. The van der Waals surface area contributed by atoms with Crippen LogP contribution in [0, 0.1) is 11.3 Å². The average Bonchev–Trinajstić information content (AvgIpc) is 2.78. The molecule has 1 amide bonds. The first kappa shape index (κ1) is 21.4. The summed E-state index contributed by atoms with van der Waals surface area (Å²) < 4.78 is 13.9. The third kappa shape index (κ3) is 4.77. The number of hydrogen-bond donors (Lipinski definition) is 1. The number of alkyl halides is 1. The summed E-state index contributed by atoms with van der Waals surface area (Å²) >= 11 is 0. The van der Waals surface area contributed by atoms with E-state index in [1.165, 1.54) is 13.8 Å². The van der Waals surface area contributed by atoms with Crippen LogP contribution >= 0.6 is 0 Å². The molecule has 0 spiro atoms. The quantitative estimate of drug-likeness (QED) is 0.812. The predicted molar refractivity (Wildman–Crippen MR) is 117 cm³/mol. The molecule has 1 aromatic carbocycles. The van der Waals surface area contributed by atoms with Gasteiger partial charge in [-0.3, -0.25) is 9.69 Å². The van der Waals surface area contributed by atoms with Crippen LogP contribution in [-0.2, 0) is 4.79 Å². The first-order chi connectivity index (χ1) is 14.8. The molecule has 1 saturated carbocycles. The molecule has 0 radical (unpaired) electrons. The second-order valence-corrected chi connectivity index (χ2v) is 9.02. The van der Waals surface area contributed by atoms with E-state index in [0.717, 1.165) is 55.5 Å². The number of hydrogen-bond acceptors (Lipinski definition) is 6. The summed E-state index contributed by atoms with van der Waals surface area (Å²) in [5, 5.41) is 13.6. The molecular weight excluding hydrogens is 395 g/mol. The molecule has 0 bridgehead atoms. The number of halogens is 1. The number of nitrogens with zero attached hydrogens (tertiary/aromatic N) is 5. The van der Waals surface area contributed by atoms with Crippen LogP contribution in [0.4, 0.5) is 10.2 Å². The second-order valence-electron chi connectivity index (χ2n) is 9.02. The molecule has 1 aliphatic heterocycles. The van der Waals surface area contributed by atoms with Gasteiger partial charge >= 0.3 is 0 Å². The lowest BCUT2D eigenvalue weighted by Gasteiger charge is -2.42. The maximum Gasteiger partial charge on any atom is 0.259 e. The van der Waals surface area contributed by atoms with Crippen molar-refractivity contribution < 1.29 is 9.18 Å². The summed E-state index contributed by atoms with van der Waals surface area (Å²) in [5.41, 5.74) is -0.373. The summed E-state index contributed by atoms with van der Waals surface area (Å²) in [6.07, 6.45) is 5.77. The van der Waals surface area contributed by atoms with Gasteiger partial charge in [0.05, 0.1) is 17.1 Å². The van der Waals surface area contributed by atoms with E-state index < -0.39 is 11.6 Å². The standard InChI is InChI=1S/C23H29FN6O/c1-23(2,24)22(31)30-11-9-29(10-12-30)18-6-4-17(5-7-18)28-21-19-13-16(14-25)3-8-20(19)26-15-27-21/h3,8,13,15,17-18H,4-7,9-12H2,1-2H3,(H,26,27,28)/t17-,18-. The number of rotatable bonds is 4. The van der Waals surface area contributed by atoms with Gasteiger partial charge in [-0.25, -0.2) is 14.4 Å². The van der Waals surface area contributed by atoms with Gasteiger partial charge in [-0.15, -0.1) is 0 Å². The number of amides is 1. The minimum Gasteiger partial charge on any atom is -0.367 e. The topological polar surface area (TPSA) is 85.2 Å². The van der Waals surface area contributed by atoms with Crippen LogP contribution in [0.5, 0.6) is 0 Å². The average molecular weight is 425 g/mol. The Hall–Kier alpha value is -2.79. The lowest BCUT2D eigenvalue weighted by Crippen LogP contribution is -2.55. The Morgan fingerprint density at radius 3 is 2.52 bits per heavy atom. The van der Waals surface area contributed by atoms with Gasteiger partial charge in [0.2, 0.25) is 0 Å². The number of aromatic nitrogens is 2. The molecule has 2 aliphatic rings. The van der Waals surface area contributed by atoms with Crippen LogP contribution in [0.3, 0.4) is 0 Å². The summed E-state index contributed by atoms with van der Waals surface area (Å²) in [5.74, 6) is 0.378. The van der Waals surface area contributed by atoms with Crippen molar-refractivity contribution in [3.63, 3.8) is 0 Å². The van der Waals surface area contributed by atoms with Gasteiger partial charge in [0.25, 0.3) is 5.91 Å². The molecule has 2 heterocycles. The van der Waals surface area contributed by atoms with Gasteiger partial charge in [-0.1, -0.05) is 0 Å². The van der Waals surface area contributed by atoms with Crippen molar-refractivity contribution in [2.24, 2.45) is 0 Å². The van der Waals surface area contributed by atoms with Gasteiger partial charge in [0.1, 0.15) is 12.1 Å². The normalized spacial score (nSPS) is 22.8. The Labute approximate surface area is 182 Å². The van der Waals surface area contributed by atoms with Gasteiger partial charge in [-0.2, -0.15) is 5.26 Å². The first-order valence-electron chi connectivity index (χ1n) is 11.0. The van der Waals surface area contributed by atoms with E-state index in [-0.39, 0.29) is 0 Å². The molecular formula is C23H29FN6O. The maximum atomic E-state index is 13.9. The Bertz CT molecular complexity index is 982. The van der Waals surface area contributed by atoms with Gasteiger partial charge in [0.15, 0.2) is 5.67 Å². The zero-order chi connectivity index (χ0) is 22.0. The lowest BCUT2D eigenvalue weighted by molar-refractivity contribution is -0.144. The van der Waals surface area contributed by atoms with E-state index in [2.05, 4.69) is 26.3 Å². The molecule has 164 valence electrons. The largest absolute Gasteiger partial charge is 0.367 e. The van der Waals surface area contributed by atoms with Crippen molar-refractivity contribution in [3.05, 3.63) is 30.1 Å². The van der Waals surface area contributed by atoms with Gasteiger partial charge in [-0.05, 0) is 57.7 Å². The van der Waals surface area contributed by atoms with Crippen molar-refractivity contribution in [1.82, 2.24) is 19.8 Å². The molecule has 2 fully saturated rings. The monoisotopic (exact) mass is 424 g/mol. The molecule has 31 heavy (non-hydrogen) atoms. The molecule has 7 nitrogen and oxygen atoms in total. The second kappa shape index (κ2) is 8.75. The highest BCUT2D eigenvalue weighted by Gasteiger charge is 2.35. The number of carbonyl (C=O) groups excluding carboxylic acids is 1. The minimum absolute atomic E-state index is 0.329. The number of nitriles is 1.